The molecule has 0 radical (unpaired) electrons. The number of benzene rings is 2. The molecule has 2 aromatic carbocycles. The molecule has 31 heavy (non-hydrogen) atoms. The molecule has 0 atom stereocenters. The molecular weight excluding hydrogens is 401 g/mol. The van der Waals surface area contributed by atoms with E-state index in [-0.39, 0.29) is 25.5 Å². The van der Waals surface area contributed by atoms with Crippen LogP contribution in [0, 0.1) is 5.82 Å². The third kappa shape index (κ3) is 4.77. The lowest BCUT2D eigenvalue weighted by Gasteiger charge is -2.08. The topological polar surface area (TPSA) is 90.6 Å². The summed E-state index contributed by atoms with van der Waals surface area (Å²) >= 11 is 0. The van der Waals surface area contributed by atoms with Crippen LogP contribution < -0.4 is 14.8 Å². The van der Waals surface area contributed by atoms with Crippen molar-refractivity contribution < 1.29 is 18.7 Å². The maximum Gasteiger partial charge on any atom is 0.231 e. The smallest absolute Gasteiger partial charge is 0.231 e. The lowest BCUT2D eigenvalue weighted by Crippen LogP contribution is -2.29. The summed E-state index contributed by atoms with van der Waals surface area (Å²) in [5, 5.41) is 15.5. The number of hydrogen-bond donors (Lipinski definition) is 1. The Balaban J connectivity index is 1.37. The van der Waals surface area contributed by atoms with E-state index in [9.17, 15) is 9.18 Å². The van der Waals surface area contributed by atoms with Crippen LogP contribution in [0.1, 0.15) is 5.56 Å². The summed E-state index contributed by atoms with van der Waals surface area (Å²) in [5.41, 5.74) is 1.73. The molecule has 1 N–H and O–H groups in total. The largest absolute Gasteiger partial charge is 0.497 e. The zero-order valence-corrected chi connectivity index (χ0v) is 16.8. The Labute approximate surface area is 177 Å². The fourth-order valence-electron chi connectivity index (χ4n) is 3.01. The van der Waals surface area contributed by atoms with Gasteiger partial charge in [0.1, 0.15) is 18.2 Å². The maximum atomic E-state index is 13.6. The van der Waals surface area contributed by atoms with Gasteiger partial charge in [-0.05, 0) is 29.8 Å². The van der Waals surface area contributed by atoms with Gasteiger partial charge in [-0.1, -0.05) is 30.3 Å². The predicted octanol–water partition coefficient (Wildman–Crippen LogP) is 2.68. The molecule has 4 rings (SSSR count). The molecule has 8 nitrogen and oxygen atoms in total. The normalized spacial score (nSPS) is 10.8. The van der Waals surface area contributed by atoms with Gasteiger partial charge < -0.3 is 14.8 Å². The van der Waals surface area contributed by atoms with Crippen LogP contribution in [0.2, 0.25) is 0 Å². The second kappa shape index (κ2) is 9.21. The minimum atomic E-state index is -0.396. The second-order valence-electron chi connectivity index (χ2n) is 6.66. The Hall–Kier alpha value is -4.01. The van der Waals surface area contributed by atoms with Gasteiger partial charge in [-0.15, -0.1) is 15.3 Å². The van der Waals surface area contributed by atoms with Crippen LogP contribution in [-0.4, -0.2) is 46.0 Å². The van der Waals surface area contributed by atoms with Gasteiger partial charge in [0.25, 0.3) is 0 Å². The highest BCUT2D eigenvalue weighted by Gasteiger charge is 2.12. The first-order valence-corrected chi connectivity index (χ1v) is 9.64. The summed E-state index contributed by atoms with van der Waals surface area (Å²) in [7, 11) is 1.60. The van der Waals surface area contributed by atoms with E-state index in [0.717, 1.165) is 5.56 Å². The fraction of sp³-hybridized carbons (Fsp3) is 0.182. The highest BCUT2D eigenvalue weighted by Crippen LogP contribution is 2.23. The number of carbonyl (C=O) groups is 1. The molecule has 0 bridgehead atoms. The van der Waals surface area contributed by atoms with Crippen molar-refractivity contribution in [1.29, 1.82) is 0 Å². The Kier molecular flexibility index (Phi) is 6.02. The molecule has 2 heterocycles. The number of aromatic nitrogens is 4. The molecule has 0 aliphatic heterocycles. The molecule has 0 saturated carbocycles. The molecule has 1 amide bonds. The van der Waals surface area contributed by atoms with E-state index >= 15 is 0 Å². The van der Waals surface area contributed by atoms with Crippen molar-refractivity contribution in [3.8, 4) is 23.0 Å². The van der Waals surface area contributed by atoms with E-state index in [1.165, 1.54) is 6.07 Å². The number of ether oxygens (including phenoxy) is 2. The number of nitrogens with one attached hydrogen (secondary N) is 1. The van der Waals surface area contributed by atoms with Crippen molar-refractivity contribution in [2.75, 3.05) is 20.3 Å². The van der Waals surface area contributed by atoms with E-state index in [2.05, 4.69) is 20.6 Å². The van der Waals surface area contributed by atoms with Crippen molar-refractivity contribution in [3.05, 3.63) is 72.0 Å². The lowest BCUT2D eigenvalue weighted by atomic mass is 10.1. The SMILES string of the molecule is COc1cccc(-c2nnc3ccc(OCCNC(=O)Cc4ccccc4F)nn23)c1. The summed E-state index contributed by atoms with van der Waals surface area (Å²) < 4.78 is 26.1. The van der Waals surface area contributed by atoms with E-state index in [4.69, 9.17) is 9.47 Å². The number of nitrogens with zero attached hydrogens (tertiary/aromatic N) is 4. The van der Waals surface area contributed by atoms with Gasteiger partial charge in [0.15, 0.2) is 11.5 Å². The number of rotatable bonds is 8. The zero-order chi connectivity index (χ0) is 21.6. The Morgan fingerprint density at radius 2 is 1.97 bits per heavy atom. The molecule has 0 spiro atoms. The van der Waals surface area contributed by atoms with E-state index in [1.54, 1.807) is 42.0 Å². The third-order valence-electron chi connectivity index (χ3n) is 4.55. The maximum absolute atomic E-state index is 13.6. The van der Waals surface area contributed by atoms with Gasteiger partial charge >= 0.3 is 0 Å². The van der Waals surface area contributed by atoms with Crippen LogP contribution in [-0.2, 0) is 11.2 Å². The van der Waals surface area contributed by atoms with Crippen molar-refractivity contribution in [2.24, 2.45) is 0 Å². The highest BCUT2D eigenvalue weighted by atomic mass is 19.1. The average molecular weight is 421 g/mol. The monoisotopic (exact) mass is 421 g/mol. The van der Waals surface area contributed by atoms with Crippen molar-refractivity contribution >= 4 is 11.6 Å². The van der Waals surface area contributed by atoms with Crippen molar-refractivity contribution in [1.82, 2.24) is 25.1 Å². The van der Waals surface area contributed by atoms with Crippen molar-refractivity contribution in [2.45, 2.75) is 6.42 Å². The minimum Gasteiger partial charge on any atom is -0.497 e. The number of amides is 1. The summed E-state index contributed by atoms with van der Waals surface area (Å²) in [6.45, 7) is 0.468. The van der Waals surface area contributed by atoms with Gasteiger partial charge in [-0.25, -0.2) is 4.39 Å². The van der Waals surface area contributed by atoms with Crippen LogP contribution >= 0.6 is 0 Å². The number of halogens is 1. The molecule has 0 saturated heterocycles. The standard InChI is InChI=1S/C22H20FN5O3/c1-30-17-7-4-6-16(13-17)22-26-25-19-9-10-21(27-28(19)22)31-12-11-24-20(29)14-15-5-2-3-8-18(15)23/h2-10,13H,11-12,14H2,1H3,(H,24,29). The molecule has 158 valence electrons. The molecule has 9 heteroatoms. The summed E-state index contributed by atoms with van der Waals surface area (Å²) in [5.74, 6) is 0.938. The van der Waals surface area contributed by atoms with Crippen LogP contribution in [0.15, 0.2) is 60.7 Å². The molecular formula is C22H20FN5O3. The molecule has 0 aliphatic carbocycles. The molecule has 4 aromatic rings. The first-order chi connectivity index (χ1) is 15.1. The first-order valence-electron chi connectivity index (χ1n) is 9.64. The van der Waals surface area contributed by atoms with Gasteiger partial charge in [0.2, 0.25) is 11.8 Å². The van der Waals surface area contributed by atoms with Crippen LogP contribution in [0.3, 0.4) is 0 Å². The number of carbonyl (C=O) groups excluding carboxylic acids is 1. The van der Waals surface area contributed by atoms with Gasteiger partial charge in [-0.2, -0.15) is 4.52 Å². The summed E-state index contributed by atoms with van der Waals surface area (Å²) in [6, 6.07) is 17.1. The molecule has 2 aromatic heterocycles. The van der Waals surface area contributed by atoms with E-state index < -0.39 is 5.82 Å². The lowest BCUT2D eigenvalue weighted by molar-refractivity contribution is -0.120. The van der Waals surface area contributed by atoms with Gasteiger partial charge in [-0.3, -0.25) is 4.79 Å². The quantitative estimate of drug-likeness (QED) is 0.440. The van der Waals surface area contributed by atoms with Crippen LogP contribution in [0.25, 0.3) is 17.0 Å². The Morgan fingerprint density at radius 3 is 2.81 bits per heavy atom. The number of fused-ring (bicyclic) bond motifs is 1. The predicted molar refractivity (Wildman–Crippen MR) is 111 cm³/mol. The van der Waals surface area contributed by atoms with Gasteiger partial charge in [0, 0.05) is 11.6 Å². The van der Waals surface area contributed by atoms with E-state index in [1.807, 2.05) is 24.3 Å². The molecule has 0 unspecified atom stereocenters. The van der Waals surface area contributed by atoms with Gasteiger partial charge in [0.05, 0.1) is 20.1 Å². The zero-order valence-electron chi connectivity index (χ0n) is 16.8. The number of methoxy groups -OCH3 is 1. The first kappa shape index (κ1) is 20.3. The van der Waals surface area contributed by atoms with Crippen LogP contribution in [0.5, 0.6) is 11.6 Å². The summed E-state index contributed by atoms with van der Waals surface area (Å²) in [6.07, 6.45) is -0.0263. The van der Waals surface area contributed by atoms with Crippen LogP contribution in [0.4, 0.5) is 4.39 Å². The third-order valence-corrected chi connectivity index (χ3v) is 4.55. The molecule has 0 fully saturated rings. The highest BCUT2D eigenvalue weighted by molar-refractivity contribution is 5.78. The summed E-state index contributed by atoms with van der Waals surface area (Å²) in [4.78, 5) is 12.0. The number of hydrogen-bond acceptors (Lipinski definition) is 6. The Morgan fingerprint density at radius 1 is 1.10 bits per heavy atom. The Bertz CT molecular complexity index is 1210. The second-order valence-corrected chi connectivity index (χ2v) is 6.66. The fourth-order valence-corrected chi connectivity index (χ4v) is 3.01. The molecule has 0 aliphatic rings. The average Bonchev–Trinajstić information content (AvgIpc) is 3.22. The minimum absolute atomic E-state index is 0.0263. The van der Waals surface area contributed by atoms with E-state index in [0.29, 0.717) is 28.7 Å². The van der Waals surface area contributed by atoms with Crippen molar-refractivity contribution in [3.63, 3.8) is 0 Å².